The van der Waals surface area contributed by atoms with E-state index in [4.69, 9.17) is 4.74 Å². The van der Waals surface area contributed by atoms with Crippen LogP contribution in [-0.2, 0) is 14.3 Å². The van der Waals surface area contributed by atoms with Crippen molar-refractivity contribution in [3.05, 3.63) is 0 Å². The summed E-state index contributed by atoms with van der Waals surface area (Å²) in [5.74, 6) is 0.290. The number of Topliss-reactive ketones (excluding diaryl/α,β-unsaturated/α-hetero) is 1. The molecule has 0 aromatic carbocycles. The summed E-state index contributed by atoms with van der Waals surface area (Å²) in [4.78, 5) is 24.6. The summed E-state index contributed by atoms with van der Waals surface area (Å²) in [6.45, 7) is 7.32. The smallest absolute Gasteiger partial charge is 0.320 e. The fraction of sp³-hybridized carbons (Fsp3) is 0.833. The molecule has 0 aromatic heterocycles. The molecular weight excluding hydrogens is 206 g/mol. The molecule has 0 aromatic rings. The number of rotatable bonds is 4. The molecule has 0 amide bonds. The van der Waals surface area contributed by atoms with Crippen LogP contribution < -0.4 is 0 Å². The zero-order valence-electron chi connectivity index (χ0n) is 10.4. The zero-order chi connectivity index (χ0) is 12.1. The maximum Gasteiger partial charge on any atom is 0.320 e. The minimum absolute atomic E-state index is 0.0535. The van der Waals surface area contributed by atoms with Crippen LogP contribution in [0.25, 0.3) is 0 Å². The van der Waals surface area contributed by atoms with Gasteiger partial charge in [0.1, 0.15) is 5.78 Å². The summed E-state index contributed by atoms with van der Waals surface area (Å²) in [6, 6.07) is 0. The van der Waals surface area contributed by atoms with Crippen molar-refractivity contribution >= 4 is 11.8 Å². The predicted octanol–water partition coefficient (Wildman–Crippen LogP) is 1.24. The number of hydrogen-bond acceptors (Lipinski definition) is 4. The highest BCUT2D eigenvalue weighted by atomic mass is 16.5. The van der Waals surface area contributed by atoms with Gasteiger partial charge in [-0.2, -0.15) is 0 Å². The summed E-state index contributed by atoms with van der Waals surface area (Å²) in [5, 5.41) is 0. The van der Waals surface area contributed by atoms with Crippen LogP contribution in [0.5, 0.6) is 0 Å². The lowest BCUT2D eigenvalue weighted by molar-refractivity contribution is -0.149. The Morgan fingerprint density at radius 3 is 2.31 bits per heavy atom. The van der Waals surface area contributed by atoms with Crippen LogP contribution in [-0.4, -0.2) is 42.4 Å². The normalized spacial score (nSPS) is 18.8. The second-order valence-corrected chi connectivity index (χ2v) is 4.70. The van der Waals surface area contributed by atoms with Crippen LogP contribution in [0.2, 0.25) is 0 Å². The van der Waals surface area contributed by atoms with Crippen LogP contribution >= 0.6 is 0 Å². The van der Waals surface area contributed by atoms with E-state index in [2.05, 4.69) is 4.90 Å². The van der Waals surface area contributed by atoms with Crippen molar-refractivity contribution in [1.82, 2.24) is 4.90 Å². The second kappa shape index (κ2) is 5.99. The third-order valence-electron chi connectivity index (χ3n) is 2.88. The number of esters is 1. The van der Waals surface area contributed by atoms with E-state index < -0.39 is 0 Å². The standard InChI is InChI=1S/C12H21NO3/c1-9(2)16-12(15)8-13-6-4-11(5-7-13)10(3)14/h9,11H,4-8H2,1-3H3. The van der Waals surface area contributed by atoms with Gasteiger partial charge in [0.2, 0.25) is 0 Å². The van der Waals surface area contributed by atoms with Gasteiger partial charge >= 0.3 is 5.97 Å². The van der Waals surface area contributed by atoms with Crippen LogP contribution in [0.3, 0.4) is 0 Å². The number of likely N-dealkylation sites (tertiary alicyclic amines) is 1. The molecule has 1 saturated heterocycles. The van der Waals surface area contributed by atoms with Crippen molar-refractivity contribution in [3.63, 3.8) is 0 Å². The van der Waals surface area contributed by atoms with E-state index in [0.29, 0.717) is 6.54 Å². The first kappa shape index (κ1) is 13.2. The van der Waals surface area contributed by atoms with Crippen LogP contribution in [0.1, 0.15) is 33.6 Å². The highest BCUT2D eigenvalue weighted by molar-refractivity contribution is 5.78. The molecule has 16 heavy (non-hydrogen) atoms. The highest BCUT2D eigenvalue weighted by Gasteiger charge is 2.23. The molecule has 1 aliphatic heterocycles. The van der Waals surface area contributed by atoms with Crippen molar-refractivity contribution in [2.24, 2.45) is 5.92 Å². The third kappa shape index (κ3) is 4.31. The lowest BCUT2D eigenvalue weighted by Gasteiger charge is -2.30. The van der Waals surface area contributed by atoms with Crippen molar-refractivity contribution in [3.8, 4) is 0 Å². The summed E-state index contributed by atoms with van der Waals surface area (Å²) >= 11 is 0. The predicted molar refractivity (Wildman–Crippen MR) is 61.1 cm³/mol. The van der Waals surface area contributed by atoms with Gasteiger partial charge in [0.15, 0.2) is 0 Å². The fourth-order valence-electron chi connectivity index (χ4n) is 1.98. The lowest BCUT2D eigenvalue weighted by Crippen LogP contribution is -2.39. The topological polar surface area (TPSA) is 46.6 Å². The van der Waals surface area contributed by atoms with Gasteiger partial charge in [0.05, 0.1) is 12.6 Å². The van der Waals surface area contributed by atoms with Crippen molar-refractivity contribution < 1.29 is 14.3 Å². The monoisotopic (exact) mass is 227 g/mol. The van der Waals surface area contributed by atoms with E-state index in [1.807, 2.05) is 13.8 Å². The summed E-state index contributed by atoms with van der Waals surface area (Å²) < 4.78 is 5.08. The first-order valence-electron chi connectivity index (χ1n) is 5.91. The number of ether oxygens (including phenoxy) is 1. The van der Waals surface area contributed by atoms with Crippen LogP contribution in [0, 0.1) is 5.92 Å². The molecule has 0 unspecified atom stereocenters. The molecule has 0 aliphatic carbocycles. The van der Waals surface area contributed by atoms with E-state index in [-0.39, 0.29) is 23.8 Å². The average Bonchev–Trinajstić information content (AvgIpc) is 2.16. The molecule has 1 rings (SSSR count). The maximum absolute atomic E-state index is 11.4. The van der Waals surface area contributed by atoms with E-state index in [0.717, 1.165) is 25.9 Å². The van der Waals surface area contributed by atoms with Crippen molar-refractivity contribution in [2.45, 2.75) is 39.7 Å². The second-order valence-electron chi connectivity index (χ2n) is 4.70. The molecule has 0 atom stereocenters. The van der Waals surface area contributed by atoms with Gasteiger partial charge in [0, 0.05) is 5.92 Å². The largest absolute Gasteiger partial charge is 0.462 e. The van der Waals surface area contributed by atoms with E-state index in [1.165, 1.54) is 0 Å². The highest BCUT2D eigenvalue weighted by Crippen LogP contribution is 2.17. The number of piperidine rings is 1. The molecule has 1 fully saturated rings. The fourth-order valence-corrected chi connectivity index (χ4v) is 1.98. The van der Waals surface area contributed by atoms with Gasteiger partial charge in [-0.25, -0.2) is 0 Å². The Balaban J connectivity index is 2.26. The third-order valence-corrected chi connectivity index (χ3v) is 2.88. The van der Waals surface area contributed by atoms with E-state index in [1.54, 1.807) is 6.92 Å². The molecular formula is C12H21NO3. The minimum atomic E-state index is -0.170. The molecule has 0 spiro atoms. The van der Waals surface area contributed by atoms with E-state index >= 15 is 0 Å². The molecule has 4 nitrogen and oxygen atoms in total. The Morgan fingerprint density at radius 2 is 1.88 bits per heavy atom. The summed E-state index contributed by atoms with van der Waals surface area (Å²) in [7, 11) is 0. The Hall–Kier alpha value is -0.900. The molecule has 0 N–H and O–H groups in total. The van der Waals surface area contributed by atoms with Gasteiger partial charge < -0.3 is 4.74 Å². The van der Waals surface area contributed by atoms with Gasteiger partial charge in [0.25, 0.3) is 0 Å². The molecule has 1 heterocycles. The zero-order valence-corrected chi connectivity index (χ0v) is 10.4. The van der Waals surface area contributed by atoms with E-state index in [9.17, 15) is 9.59 Å². The van der Waals surface area contributed by atoms with Crippen molar-refractivity contribution in [2.75, 3.05) is 19.6 Å². The Morgan fingerprint density at radius 1 is 1.31 bits per heavy atom. The molecule has 0 radical (unpaired) electrons. The Bertz CT molecular complexity index is 255. The van der Waals surface area contributed by atoms with Crippen LogP contribution in [0.15, 0.2) is 0 Å². The maximum atomic E-state index is 11.4. The van der Waals surface area contributed by atoms with Crippen molar-refractivity contribution in [1.29, 1.82) is 0 Å². The Kier molecular flexibility index (Phi) is 4.93. The number of carbonyl (C=O) groups excluding carboxylic acids is 2. The Labute approximate surface area is 96.9 Å². The number of hydrogen-bond donors (Lipinski definition) is 0. The van der Waals surface area contributed by atoms with Gasteiger partial charge in [-0.3, -0.25) is 14.5 Å². The minimum Gasteiger partial charge on any atom is -0.462 e. The summed E-state index contributed by atoms with van der Waals surface area (Å²) in [6.07, 6.45) is 1.68. The SMILES string of the molecule is CC(=O)C1CCN(CC(=O)OC(C)C)CC1. The molecule has 92 valence electrons. The molecule has 0 saturated carbocycles. The molecule has 4 heteroatoms. The lowest BCUT2D eigenvalue weighted by atomic mass is 9.93. The number of nitrogens with zero attached hydrogens (tertiary/aromatic N) is 1. The first-order chi connectivity index (χ1) is 7.49. The number of ketones is 1. The summed E-state index contributed by atoms with van der Waals surface area (Å²) in [5.41, 5.74) is 0. The quantitative estimate of drug-likeness (QED) is 0.678. The average molecular weight is 227 g/mol. The molecule has 0 bridgehead atoms. The molecule has 1 aliphatic rings. The van der Waals surface area contributed by atoms with Gasteiger partial charge in [-0.05, 0) is 46.7 Å². The van der Waals surface area contributed by atoms with Crippen LogP contribution in [0.4, 0.5) is 0 Å². The van der Waals surface area contributed by atoms with Gasteiger partial charge in [-0.1, -0.05) is 0 Å². The number of carbonyl (C=O) groups is 2. The first-order valence-corrected chi connectivity index (χ1v) is 5.91. The van der Waals surface area contributed by atoms with Gasteiger partial charge in [-0.15, -0.1) is 0 Å².